The summed E-state index contributed by atoms with van der Waals surface area (Å²) in [7, 11) is 0. The van der Waals surface area contributed by atoms with Crippen molar-refractivity contribution in [3.63, 3.8) is 0 Å². The van der Waals surface area contributed by atoms with Crippen LogP contribution in [0.15, 0.2) is 23.7 Å². The Morgan fingerprint density at radius 3 is 2.82 bits per heavy atom. The lowest BCUT2D eigenvalue weighted by Gasteiger charge is -2.35. The zero-order valence-electron chi connectivity index (χ0n) is 12.7. The first-order chi connectivity index (χ1) is 10.8. The number of piperazine rings is 1. The molecule has 0 bridgehead atoms. The summed E-state index contributed by atoms with van der Waals surface area (Å²) in [5.41, 5.74) is 1.83. The van der Waals surface area contributed by atoms with Crippen LogP contribution in [0.5, 0.6) is 0 Å². The Hall–Kier alpha value is -1.97. The predicted octanol–water partition coefficient (Wildman–Crippen LogP) is 2.29. The van der Waals surface area contributed by atoms with E-state index >= 15 is 0 Å². The van der Waals surface area contributed by atoms with Gasteiger partial charge < -0.3 is 4.90 Å². The van der Waals surface area contributed by atoms with Gasteiger partial charge in [-0.25, -0.2) is 9.97 Å². The summed E-state index contributed by atoms with van der Waals surface area (Å²) in [6.07, 6.45) is 2.76. The summed E-state index contributed by atoms with van der Waals surface area (Å²) in [5.74, 6) is 0.812. The minimum Gasteiger partial charge on any atom is -0.353 e. The third kappa shape index (κ3) is 3.26. The van der Waals surface area contributed by atoms with E-state index in [-0.39, 0.29) is 0 Å². The fourth-order valence-electron chi connectivity index (χ4n) is 2.67. The molecule has 2 aromatic rings. The van der Waals surface area contributed by atoms with Crippen molar-refractivity contribution in [1.82, 2.24) is 14.9 Å². The summed E-state index contributed by atoms with van der Waals surface area (Å²) in [5, 5.41) is 12.6. The van der Waals surface area contributed by atoms with Crippen molar-refractivity contribution in [1.29, 1.82) is 5.26 Å². The highest BCUT2D eigenvalue weighted by Crippen LogP contribution is 2.19. The van der Waals surface area contributed by atoms with E-state index < -0.39 is 0 Å². The van der Waals surface area contributed by atoms with Gasteiger partial charge in [-0.15, -0.1) is 11.3 Å². The summed E-state index contributed by atoms with van der Waals surface area (Å²) >= 11 is 1.75. The maximum absolute atomic E-state index is 9.19. The van der Waals surface area contributed by atoms with Crippen LogP contribution >= 0.6 is 11.3 Å². The molecule has 0 saturated carbocycles. The van der Waals surface area contributed by atoms with Crippen LogP contribution in [-0.2, 0) is 13.0 Å². The zero-order chi connectivity index (χ0) is 15.4. The van der Waals surface area contributed by atoms with Crippen molar-refractivity contribution >= 4 is 17.2 Å². The van der Waals surface area contributed by atoms with Gasteiger partial charge in [0.25, 0.3) is 0 Å². The number of nitriles is 1. The van der Waals surface area contributed by atoms with Crippen LogP contribution in [0.4, 0.5) is 5.82 Å². The molecule has 1 saturated heterocycles. The molecule has 1 aliphatic heterocycles. The number of nitrogens with zero attached hydrogens (tertiary/aromatic N) is 5. The van der Waals surface area contributed by atoms with Gasteiger partial charge in [-0.1, -0.05) is 6.92 Å². The lowest BCUT2D eigenvalue weighted by atomic mass is 10.2. The van der Waals surface area contributed by atoms with Crippen molar-refractivity contribution in [3.05, 3.63) is 40.0 Å². The first-order valence-corrected chi connectivity index (χ1v) is 8.44. The van der Waals surface area contributed by atoms with Gasteiger partial charge in [0.1, 0.15) is 11.9 Å². The van der Waals surface area contributed by atoms with Crippen LogP contribution in [-0.4, -0.2) is 41.0 Å². The van der Waals surface area contributed by atoms with Crippen LogP contribution in [0.3, 0.4) is 0 Å². The zero-order valence-corrected chi connectivity index (χ0v) is 13.5. The van der Waals surface area contributed by atoms with Crippen LogP contribution in [0.1, 0.15) is 23.2 Å². The number of aryl methyl sites for hydroxylation is 1. The normalized spacial score (nSPS) is 15.7. The van der Waals surface area contributed by atoms with Gasteiger partial charge in [0.05, 0.1) is 16.3 Å². The first kappa shape index (κ1) is 14.9. The number of hydrogen-bond donors (Lipinski definition) is 0. The van der Waals surface area contributed by atoms with Crippen molar-refractivity contribution < 1.29 is 0 Å². The Labute approximate surface area is 134 Å². The van der Waals surface area contributed by atoms with E-state index in [4.69, 9.17) is 0 Å². The Bertz CT molecular complexity index is 667. The van der Waals surface area contributed by atoms with E-state index in [1.165, 1.54) is 10.7 Å². The summed E-state index contributed by atoms with van der Waals surface area (Å²) in [6.45, 7) is 6.80. The number of pyridine rings is 1. The fraction of sp³-hybridized carbons (Fsp3) is 0.438. The highest BCUT2D eigenvalue weighted by molar-refractivity contribution is 7.09. The highest BCUT2D eigenvalue weighted by atomic mass is 32.1. The second-order valence-corrected chi connectivity index (χ2v) is 6.28. The average molecular weight is 313 g/mol. The summed E-state index contributed by atoms with van der Waals surface area (Å²) in [4.78, 5) is 13.6. The monoisotopic (exact) mass is 313 g/mol. The lowest BCUT2D eigenvalue weighted by molar-refractivity contribution is 0.247. The Morgan fingerprint density at radius 2 is 2.14 bits per heavy atom. The quantitative estimate of drug-likeness (QED) is 0.867. The van der Waals surface area contributed by atoms with Crippen LogP contribution < -0.4 is 4.90 Å². The molecule has 1 aliphatic rings. The summed E-state index contributed by atoms with van der Waals surface area (Å²) < 4.78 is 0. The molecule has 1 fully saturated rings. The highest BCUT2D eigenvalue weighted by Gasteiger charge is 2.20. The topological polar surface area (TPSA) is 56.1 Å². The van der Waals surface area contributed by atoms with Gasteiger partial charge in [-0.05, 0) is 18.6 Å². The standard InChI is InChI=1S/C16H19N5S/c1-2-15-19-14(12-22-15)11-20-6-8-21(9-7-20)16-13(10-17)4-3-5-18-16/h3-5,12H,2,6-9,11H2,1H3. The van der Waals surface area contributed by atoms with Crippen LogP contribution in [0.2, 0.25) is 0 Å². The first-order valence-electron chi connectivity index (χ1n) is 7.56. The third-order valence-electron chi connectivity index (χ3n) is 3.87. The Kier molecular flexibility index (Phi) is 4.66. The molecule has 3 rings (SSSR count). The molecule has 0 spiro atoms. The smallest absolute Gasteiger partial charge is 0.146 e. The van der Waals surface area contributed by atoms with E-state index in [0.29, 0.717) is 5.56 Å². The number of hydrogen-bond acceptors (Lipinski definition) is 6. The van der Waals surface area contributed by atoms with Crippen molar-refractivity contribution in [2.75, 3.05) is 31.1 Å². The van der Waals surface area contributed by atoms with Crippen LogP contribution in [0.25, 0.3) is 0 Å². The molecule has 0 radical (unpaired) electrons. The number of aromatic nitrogens is 2. The van der Waals surface area contributed by atoms with Gasteiger partial charge in [0.15, 0.2) is 0 Å². The van der Waals surface area contributed by atoms with E-state index in [9.17, 15) is 5.26 Å². The summed E-state index contributed by atoms with van der Waals surface area (Å²) in [6, 6.07) is 5.87. The SMILES string of the molecule is CCc1nc(CN2CCN(c3ncccc3C#N)CC2)cs1. The predicted molar refractivity (Wildman–Crippen MR) is 87.9 cm³/mol. The van der Waals surface area contributed by atoms with Crippen molar-refractivity contribution in [3.8, 4) is 6.07 Å². The van der Waals surface area contributed by atoms with Gasteiger partial charge in [0, 0.05) is 44.3 Å². The molecular formula is C16H19N5S. The molecule has 2 aromatic heterocycles. The molecule has 0 amide bonds. The molecule has 0 N–H and O–H groups in total. The molecule has 3 heterocycles. The largest absolute Gasteiger partial charge is 0.353 e. The molecule has 0 unspecified atom stereocenters. The molecule has 0 atom stereocenters. The van der Waals surface area contributed by atoms with E-state index in [1.807, 2.05) is 12.1 Å². The molecule has 114 valence electrons. The maximum Gasteiger partial charge on any atom is 0.146 e. The third-order valence-corrected chi connectivity index (χ3v) is 4.91. The molecular weight excluding hydrogens is 294 g/mol. The second kappa shape index (κ2) is 6.86. The Morgan fingerprint density at radius 1 is 1.32 bits per heavy atom. The number of rotatable bonds is 4. The van der Waals surface area contributed by atoms with E-state index in [0.717, 1.165) is 45.0 Å². The number of thiazole rings is 1. The van der Waals surface area contributed by atoms with Gasteiger partial charge in [-0.2, -0.15) is 5.26 Å². The second-order valence-electron chi connectivity index (χ2n) is 5.34. The average Bonchev–Trinajstić information content (AvgIpc) is 3.03. The van der Waals surface area contributed by atoms with Crippen molar-refractivity contribution in [2.24, 2.45) is 0 Å². The molecule has 0 aliphatic carbocycles. The van der Waals surface area contributed by atoms with Gasteiger partial charge in [-0.3, -0.25) is 4.90 Å². The van der Waals surface area contributed by atoms with Crippen LogP contribution in [0, 0.1) is 11.3 Å². The molecule has 22 heavy (non-hydrogen) atoms. The van der Waals surface area contributed by atoms with Gasteiger partial charge >= 0.3 is 0 Å². The number of anilines is 1. The molecule has 0 aromatic carbocycles. The van der Waals surface area contributed by atoms with Gasteiger partial charge in [0.2, 0.25) is 0 Å². The van der Waals surface area contributed by atoms with E-state index in [1.54, 1.807) is 17.5 Å². The van der Waals surface area contributed by atoms with Crippen molar-refractivity contribution in [2.45, 2.75) is 19.9 Å². The minimum atomic E-state index is 0.656. The maximum atomic E-state index is 9.19. The minimum absolute atomic E-state index is 0.656. The molecule has 6 heteroatoms. The molecule has 5 nitrogen and oxygen atoms in total. The fourth-order valence-corrected chi connectivity index (χ4v) is 3.40. The lowest BCUT2D eigenvalue weighted by Crippen LogP contribution is -2.46. The van der Waals surface area contributed by atoms with E-state index in [2.05, 4.69) is 38.1 Å². The Balaban J connectivity index is 1.59.